The zero-order valence-electron chi connectivity index (χ0n) is 20.3. The molecule has 2 aliphatic carbocycles. The van der Waals surface area contributed by atoms with Crippen LogP contribution in [0.4, 0.5) is 0 Å². The maximum Gasteiger partial charge on any atom is 0.166 e. The Labute approximate surface area is 210 Å². The highest BCUT2D eigenvalue weighted by molar-refractivity contribution is 5.93. The van der Waals surface area contributed by atoms with Crippen molar-refractivity contribution in [1.29, 1.82) is 0 Å². The third-order valence-electron chi connectivity index (χ3n) is 9.11. The van der Waals surface area contributed by atoms with Crippen molar-refractivity contribution < 1.29 is 19.7 Å². The number of nitrogens with one attached hydrogen (secondary N) is 1. The molecule has 4 atom stereocenters. The molecule has 2 bridgehead atoms. The average Bonchev–Trinajstić information content (AvgIpc) is 3.44. The molecular formula is C30H30N2O4. The van der Waals surface area contributed by atoms with Gasteiger partial charge in [0.15, 0.2) is 23.4 Å². The van der Waals surface area contributed by atoms with Gasteiger partial charge in [-0.3, -0.25) is 4.79 Å². The summed E-state index contributed by atoms with van der Waals surface area (Å²) in [6.07, 6.45) is 6.25. The van der Waals surface area contributed by atoms with Gasteiger partial charge < -0.3 is 24.8 Å². The molecule has 0 radical (unpaired) electrons. The summed E-state index contributed by atoms with van der Waals surface area (Å²) >= 11 is 0. The monoisotopic (exact) mass is 482 g/mol. The lowest BCUT2D eigenvalue weighted by molar-refractivity contribution is -0.167. The molecule has 1 saturated heterocycles. The lowest BCUT2D eigenvalue weighted by Crippen LogP contribution is -2.73. The fourth-order valence-electron chi connectivity index (χ4n) is 7.42. The number of hydrogen-bond acceptors (Lipinski definition) is 5. The number of phenolic OH excluding ortho intramolecular Hbond substituents is 1. The first-order valence-electron chi connectivity index (χ1n) is 12.8. The summed E-state index contributed by atoms with van der Waals surface area (Å²) < 4.78 is 6.51. The first-order valence-corrected chi connectivity index (χ1v) is 12.8. The number of nitrogens with zero attached hydrogens (tertiary/aromatic N) is 1. The number of carbonyl (C=O) groups is 1. The number of aryl methyl sites for hydroxylation is 1. The van der Waals surface area contributed by atoms with Crippen LogP contribution in [-0.2, 0) is 29.5 Å². The quantitative estimate of drug-likeness (QED) is 0.481. The van der Waals surface area contributed by atoms with Crippen LogP contribution >= 0.6 is 0 Å². The molecule has 0 amide bonds. The summed E-state index contributed by atoms with van der Waals surface area (Å²) in [5, 5.41) is 23.1. The predicted octanol–water partition coefficient (Wildman–Crippen LogP) is 3.85. The van der Waals surface area contributed by atoms with Crippen molar-refractivity contribution >= 4 is 11.9 Å². The van der Waals surface area contributed by atoms with Crippen LogP contribution < -0.4 is 4.74 Å². The van der Waals surface area contributed by atoms with Gasteiger partial charge in [0, 0.05) is 30.1 Å². The van der Waals surface area contributed by atoms with Crippen LogP contribution in [0.25, 0.3) is 6.08 Å². The molecule has 7 rings (SSSR count). The minimum atomic E-state index is -1.00. The maximum atomic E-state index is 12.5. The predicted molar refractivity (Wildman–Crippen MR) is 136 cm³/mol. The van der Waals surface area contributed by atoms with E-state index in [0.717, 1.165) is 59.4 Å². The number of ketones is 1. The largest absolute Gasteiger partial charge is 0.504 e. The number of hydrogen-bond donors (Lipinski definition) is 3. The van der Waals surface area contributed by atoms with Crippen molar-refractivity contribution in [2.45, 2.75) is 55.3 Å². The van der Waals surface area contributed by atoms with Crippen molar-refractivity contribution in [1.82, 2.24) is 9.88 Å². The van der Waals surface area contributed by atoms with E-state index in [0.29, 0.717) is 18.6 Å². The van der Waals surface area contributed by atoms with Crippen molar-refractivity contribution in [3.05, 3.63) is 88.2 Å². The maximum absolute atomic E-state index is 12.5. The van der Waals surface area contributed by atoms with Gasteiger partial charge in [-0.15, -0.1) is 0 Å². The third kappa shape index (κ3) is 2.83. The molecule has 2 aromatic carbocycles. The van der Waals surface area contributed by atoms with E-state index in [1.807, 2.05) is 48.5 Å². The van der Waals surface area contributed by atoms with Gasteiger partial charge in [-0.25, -0.2) is 0 Å². The molecule has 0 unspecified atom stereocenters. The van der Waals surface area contributed by atoms with E-state index in [1.54, 1.807) is 12.1 Å². The fourth-order valence-corrected chi connectivity index (χ4v) is 7.42. The van der Waals surface area contributed by atoms with Crippen LogP contribution in [0.5, 0.6) is 11.5 Å². The van der Waals surface area contributed by atoms with Gasteiger partial charge in [0.1, 0.15) is 0 Å². The first kappa shape index (κ1) is 21.9. The lowest BCUT2D eigenvalue weighted by Gasteiger charge is -2.62. The summed E-state index contributed by atoms with van der Waals surface area (Å²) in [6.45, 7) is 0.861. The molecule has 2 aliphatic heterocycles. The molecular weight excluding hydrogens is 452 g/mol. The van der Waals surface area contributed by atoms with E-state index in [-0.39, 0.29) is 17.6 Å². The summed E-state index contributed by atoms with van der Waals surface area (Å²) in [7, 11) is 2.09. The first-order chi connectivity index (χ1) is 17.4. The van der Waals surface area contributed by atoms with Gasteiger partial charge in [-0.05, 0) is 73.8 Å². The van der Waals surface area contributed by atoms with Crippen molar-refractivity contribution in [3.63, 3.8) is 0 Å². The normalized spacial score (nSPS) is 29.6. The number of carbonyl (C=O) groups excluding carboxylic acids is 1. The molecule has 36 heavy (non-hydrogen) atoms. The zero-order chi connectivity index (χ0) is 24.7. The Kier molecular flexibility index (Phi) is 4.61. The molecule has 3 heterocycles. The molecule has 0 saturated carbocycles. The van der Waals surface area contributed by atoms with Gasteiger partial charge >= 0.3 is 0 Å². The van der Waals surface area contributed by atoms with E-state index >= 15 is 0 Å². The number of aromatic nitrogens is 1. The summed E-state index contributed by atoms with van der Waals surface area (Å²) in [5.41, 5.74) is 4.50. The molecule has 3 N–H and O–H groups in total. The molecule has 1 fully saturated rings. The summed E-state index contributed by atoms with van der Waals surface area (Å²) in [6, 6.07) is 15.8. The van der Waals surface area contributed by atoms with Gasteiger partial charge in [0.05, 0.1) is 16.7 Å². The van der Waals surface area contributed by atoms with E-state index in [1.165, 1.54) is 0 Å². The second-order valence-electron chi connectivity index (χ2n) is 10.9. The lowest BCUT2D eigenvalue weighted by atomic mass is 9.49. The number of aliphatic hydroxyl groups is 1. The number of benzene rings is 2. The number of aromatic hydroxyl groups is 1. The molecule has 6 heteroatoms. The average molecular weight is 483 g/mol. The minimum Gasteiger partial charge on any atom is -0.504 e. The molecule has 184 valence electrons. The van der Waals surface area contributed by atoms with Crippen LogP contribution in [0.3, 0.4) is 0 Å². The van der Waals surface area contributed by atoms with Crippen molar-refractivity contribution in [3.8, 4) is 11.5 Å². The summed E-state index contributed by atoms with van der Waals surface area (Å²) in [4.78, 5) is 18.3. The number of phenols is 1. The third-order valence-corrected chi connectivity index (χ3v) is 9.11. The second-order valence-corrected chi connectivity index (χ2v) is 10.9. The van der Waals surface area contributed by atoms with Gasteiger partial charge in [0.25, 0.3) is 0 Å². The van der Waals surface area contributed by atoms with Crippen molar-refractivity contribution in [2.24, 2.45) is 0 Å². The number of likely N-dealkylation sites (N-methyl/N-ethyl adjacent to an activating group) is 1. The number of likely N-dealkylation sites (tertiary alicyclic amines) is 1. The SMILES string of the molecule is CN1CC[C@]23c4c5ccc(O)c4O[C@H]2c2[nH]c(/C=C/C(=O)CCc4ccccc4)cc2C[C@@]3(O)[C@@H]1C5. The molecule has 3 aromatic rings. The van der Waals surface area contributed by atoms with E-state index < -0.39 is 17.1 Å². The number of H-pyrrole nitrogens is 1. The van der Waals surface area contributed by atoms with E-state index in [2.05, 4.69) is 16.9 Å². The van der Waals surface area contributed by atoms with Crippen LogP contribution in [-0.4, -0.2) is 51.1 Å². The van der Waals surface area contributed by atoms with Gasteiger partial charge in [-0.2, -0.15) is 0 Å². The Morgan fingerprint density at radius 2 is 2.06 bits per heavy atom. The minimum absolute atomic E-state index is 0.0260. The number of aromatic amines is 1. The Hall–Kier alpha value is -3.35. The Bertz CT molecular complexity index is 1410. The number of allylic oxidation sites excluding steroid dienone is 1. The highest BCUT2D eigenvalue weighted by Gasteiger charge is 2.72. The molecule has 4 aliphatic rings. The van der Waals surface area contributed by atoms with Crippen molar-refractivity contribution in [2.75, 3.05) is 13.6 Å². The number of fused-ring (bicyclic) bond motifs is 2. The number of ether oxygens (including phenoxy) is 1. The van der Waals surface area contributed by atoms with Gasteiger partial charge in [0.2, 0.25) is 0 Å². The Morgan fingerprint density at radius 3 is 2.89 bits per heavy atom. The number of piperidine rings is 1. The highest BCUT2D eigenvalue weighted by atomic mass is 16.5. The molecule has 6 nitrogen and oxygen atoms in total. The second kappa shape index (κ2) is 7.58. The highest BCUT2D eigenvalue weighted by Crippen LogP contribution is 2.68. The Balaban J connectivity index is 1.23. The number of rotatable bonds is 5. The molecule has 1 aromatic heterocycles. The van der Waals surface area contributed by atoms with E-state index in [4.69, 9.17) is 4.74 Å². The standard InChI is InChI=1S/C30H30N2O4/c1-32-14-13-29-25-19-8-12-23(34)27(25)36-28(29)26-20(17-30(29,35)24(32)16-19)15-21(31-26)9-11-22(33)10-7-18-5-3-2-4-6-18/h2-6,8-9,11-12,15,24,28,31,34-35H,7,10,13-14,16-17H2,1H3/b11-9+/t24-,28-,29-,30+/m0/s1. The summed E-state index contributed by atoms with van der Waals surface area (Å²) in [5.74, 6) is 0.734. The van der Waals surface area contributed by atoms with Gasteiger partial charge in [-0.1, -0.05) is 36.4 Å². The zero-order valence-corrected chi connectivity index (χ0v) is 20.3. The smallest absolute Gasteiger partial charge is 0.166 e. The topological polar surface area (TPSA) is 85.8 Å². The van der Waals surface area contributed by atoms with Crippen LogP contribution in [0.15, 0.2) is 54.6 Å². The Morgan fingerprint density at radius 1 is 1.22 bits per heavy atom. The van der Waals surface area contributed by atoms with Crippen LogP contribution in [0.2, 0.25) is 0 Å². The fraction of sp³-hybridized carbons (Fsp3) is 0.367. The molecule has 1 spiro atoms. The van der Waals surface area contributed by atoms with E-state index in [9.17, 15) is 15.0 Å². The van der Waals surface area contributed by atoms with Crippen LogP contribution in [0, 0.1) is 0 Å². The van der Waals surface area contributed by atoms with Crippen LogP contribution in [0.1, 0.15) is 52.6 Å².